The Morgan fingerprint density at radius 3 is 2.80 bits per heavy atom. The summed E-state index contributed by atoms with van der Waals surface area (Å²) in [7, 11) is 1.55. The molecule has 0 unspecified atom stereocenters. The first-order chi connectivity index (χ1) is 16.9. The first-order valence-corrected chi connectivity index (χ1v) is 11.2. The molecule has 0 saturated carbocycles. The summed E-state index contributed by atoms with van der Waals surface area (Å²) in [6.45, 7) is 3.59. The minimum absolute atomic E-state index is 0.101. The molecule has 0 saturated heterocycles. The van der Waals surface area contributed by atoms with Crippen LogP contribution in [0.25, 0.3) is 11.0 Å². The Kier molecular flexibility index (Phi) is 9.02. The zero-order valence-electron chi connectivity index (χ0n) is 19.6. The Labute approximate surface area is 207 Å². The molecule has 1 amide bonds. The number of halogens is 1. The van der Waals surface area contributed by atoms with Gasteiger partial charge in [-0.3, -0.25) is 14.6 Å². The van der Waals surface area contributed by atoms with Gasteiger partial charge in [-0.25, -0.2) is 4.98 Å². The highest BCUT2D eigenvalue weighted by Crippen LogP contribution is 2.30. The van der Waals surface area contributed by atoms with Crippen molar-refractivity contribution in [3.63, 3.8) is 0 Å². The fourth-order valence-electron chi connectivity index (χ4n) is 2.94. The van der Waals surface area contributed by atoms with Gasteiger partial charge in [-0.1, -0.05) is 17.7 Å². The number of H-pyrrole nitrogens is 1. The van der Waals surface area contributed by atoms with Crippen molar-refractivity contribution < 1.29 is 19.1 Å². The molecule has 3 rings (SSSR count). The van der Waals surface area contributed by atoms with E-state index in [0.29, 0.717) is 40.5 Å². The number of rotatable bonds is 11. The standard InChI is InChI=1S/C25H26ClN5O4/c1-4-6-18(32)15-35-23-13-17(7-9-20(23)26)29-25-30-21-10-8-19(14-22(21)31-25)34-12-5-11-28-16(2)24(33)27-3/h4-11,13-14H,12,15H2,1-3H3,(H,27,33)(H2,29,30,31). The number of imidazole rings is 1. The molecule has 3 N–H and O–H groups in total. The van der Waals surface area contributed by atoms with Gasteiger partial charge in [0.25, 0.3) is 5.91 Å². The lowest BCUT2D eigenvalue weighted by Crippen LogP contribution is -2.24. The molecule has 0 atom stereocenters. The van der Waals surface area contributed by atoms with Gasteiger partial charge in [0, 0.05) is 31.1 Å². The van der Waals surface area contributed by atoms with Gasteiger partial charge in [0.2, 0.25) is 5.95 Å². The van der Waals surface area contributed by atoms with E-state index in [0.717, 1.165) is 11.0 Å². The van der Waals surface area contributed by atoms with Crippen molar-refractivity contribution in [1.29, 1.82) is 0 Å². The van der Waals surface area contributed by atoms with E-state index in [4.69, 9.17) is 21.1 Å². The molecule has 35 heavy (non-hydrogen) atoms. The Hall–Kier alpha value is -4.11. The molecule has 0 spiro atoms. The minimum atomic E-state index is -0.230. The number of aliphatic imine (C=N–C) groups is 1. The van der Waals surface area contributed by atoms with Gasteiger partial charge in [-0.15, -0.1) is 0 Å². The molecule has 182 valence electrons. The summed E-state index contributed by atoms with van der Waals surface area (Å²) in [6.07, 6.45) is 6.34. The number of benzene rings is 2. The largest absolute Gasteiger partial charge is 0.489 e. The summed E-state index contributed by atoms with van der Waals surface area (Å²) in [5.41, 5.74) is 2.59. The summed E-state index contributed by atoms with van der Waals surface area (Å²) in [6, 6.07) is 10.7. The van der Waals surface area contributed by atoms with Crippen LogP contribution in [-0.4, -0.2) is 47.6 Å². The molecular weight excluding hydrogens is 470 g/mol. The van der Waals surface area contributed by atoms with Crippen molar-refractivity contribution in [2.75, 3.05) is 25.6 Å². The number of ether oxygens (including phenoxy) is 2. The number of carbonyl (C=O) groups is 2. The van der Waals surface area contributed by atoms with E-state index >= 15 is 0 Å². The minimum Gasteiger partial charge on any atom is -0.489 e. The van der Waals surface area contributed by atoms with E-state index in [-0.39, 0.29) is 18.3 Å². The molecule has 9 nitrogen and oxygen atoms in total. The SMILES string of the molecule is CC=CC(=O)COc1cc(Nc2nc3ccc(OCC=CN=C(C)C(=O)NC)cc3[nH]2)ccc1Cl. The van der Waals surface area contributed by atoms with E-state index in [9.17, 15) is 9.59 Å². The molecule has 0 bridgehead atoms. The molecule has 0 aliphatic carbocycles. The maximum absolute atomic E-state index is 11.7. The summed E-state index contributed by atoms with van der Waals surface area (Å²) in [5, 5.41) is 6.08. The fourth-order valence-corrected chi connectivity index (χ4v) is 3.11. The quantitative estimate of drug-likeness (QED) is 0.264. The van der Waals surface area contributed by atoms with E-state index in [1.165, 1.54) is 12.3 Å². The number of allylic oxidation sites excluding steroid dienone is 1. The normalized spacial score (nSPS) is 11.8. The first kappa shape index (κ1) is 25.5. The van der Waals surface area contributed by atoms with E-state index < -0.39 is 0 Å². The second-order valence-corrected chi connectivity index (χ2v) is 7.69. The fraction of sp³-hybridized carbons (Fsp3) is 0.200. The van der Waals surface area contributed by atoms with Crippen LogP contribution in [0.15, 0.2) is 65.8 Å². The molecular formula is C25H26ClN5O4. The van der Waals surface area contributed by atoms with Gasteiger partial charge in [-0.05, 0) is 50.3 Å². The van der Waals surface area contributed by atoms with Crippen molar-refractivity contribution in [2.45, 2.75) is 13.8 Å². The van der Waals surface area contributed by atoms with Crippen LogP contribution < -0.4 is 20.1 Å². The maximum Gasteiger partial charge on any atom is 0.265 e. The van der Waals surface area contributed by atoms with Crippen LogP contribution in [0.1, 0.15) is 13.8 Å². The van der Waals surface area contributed by atoms with Crippen LogP contribution in [0.5, 0.6) is 11.5 Å². The van der Waals surface area contributed by atoms with Crippen molar-refractivity contribution >= 4 is 51.7 Å². The van der Waals surface area contributed by atoms with E-state index in [1.807, 2.05) is 18.2 Å². The van der Waals surface area contributed by atoms with Crippen LogP contribution in [0.4, 0.5) is 11.6 Å². The summed E-state index contributed by atoms with van der Waals surface area (Å²) < 4.78 is 11.3. The topological polar surface area (TPSA) is 118 Å². The second-order valence-electron chi connectivity index (χ2n) is 7.28. The number of anilines is 2. The average Bonchev–Trinajstić information content (AvgIpc) is 3.25. The number of carbonyl (C=O) groups excluding carboxylic acids is 2. The lowest BCUT2D eigenvalue weighted by molar-refractivity contribution is -0.116. The zero-order chi connectivity index (χ0) is 25.2. The molecule has 0 radical (unpaired) electrons. The second kappa shape index (κ2) is 12.4. The Morgan fingerprint density at radius 2 is 2.03 bits per heavy atom. The number of amides is 1. The van der Waals surface area contributed by atoms with Gasteiger partial charge in [0.05, 0.1) is 16.1 Å². The van der Waals surface area contributed by atoms with Crippen LogP contribution in [0.3, 0.4) is 0 Å². The third-order valence-corrected chi connectivity index (χ3v) is 4.96. The molecule has 10 heteroatoms. The monoisotopic (exact) mass is 495 g/mol. The highest BCUT2D eigenvalue weighted by atomic mass is 35.5. The summed E-state index contributed by atoms with van der Waals surface area (Å²) in [4.78, 5) is 34.8. The molecule has 2 aromatic carbocycles. The van der Waals surface area contributed by atoms with Gasteiger partial charge < -0.3 is 25.1 Å². The predicted octanol–water partition coefficient (Wildman–Crippen LogP) is 4.58. The molecule has 0 aliphatic heterocycles. The lowest BCUT2D eigenvalue weighted by atomic mass is 10.3. The number of hydrogen-bond donors (Lipinski definition) is 3. The van der Waals surface area contributed by atoms with Crippen LogP contribution in [0.2, 0.25) is 5.02 Å². The molecule has 1 aromatic heterocycles. The number of aromatic nitrogens is 2. The van der Waals surface area contributed by atoms with Crippen molar-refractivity contribution in [1.82, 2.24) is 15.3 Å². The third kappa shape index (κ3) is 7.44. The van der Waals surface area contributed by atoms with Crippen LogP contribution in [0, 0.1) is 0 Å². The third-order valence-electron chi connectivity index (χ3n) is 4.65. The van der Waals surface area contributed by atoms with Crippen molar-refractivity contribution in [3.05, 3.63) is 65.8 Å². The number of fused-ring (bicyclic) bond motifs is 1. The van der Waals surface area contributed by atoms with E-state index in [2.05, 4.69) is 25.6 Å². The van der Waals surface area contributed by atoms with Gasteiger partial charge in [0.15, 0.2) is 12.4 Å². The smallest absolute Gasteiger partial charge is 0.265 e. The number of ketones is 1. The van der Waals surface area contributed by atoms with E-state index in [1.54, 1.807) is 51.2 Å². The summed E-state index contributed by atoms with van der Waals surface area (Å²) in [5.74, 6) is 1.18. The number of hydrogen-bond acceptors (Lipinski definition) is 7. The molecule has 0 aliphatic rings. The highest BCUT2D eigenvalue weighted by Gasteiger charge is 2.09. The molecule has 1 heterocycles. The maximum atomic E-state index is 11.7. The van der Waals surface area contributed by atoms with Crippen molar-refractivity contribution in [2.24, 2.45) is 4.99 Å². The van der Waals surface area contributed by atoms with Crippen LogP contribution >= 0.6 is 11.6 Å². The number of nitrogens with zero attached hydrogens (tertiary/aromatic N) is 2. The summed E-state index contributed by atoms with van der Waals surface area (Å²) >= 11 is 6.19. The van der Waals surface area contributed by atoms with Gasteiger partial charge in [0.1, 0.15) is 23.8 Å². The Bertz CT molecular complexity index is 1300. The van der Waals surface area contributed by atoms with Crippen molar-refractivity contribution in [3.8, 4) is 11.5 Å². The van der Waals surface area contributed by atoms with Gasteiger partial charge in [-0.2, -0.15) is 0 Å². The number of nitrogens with one attached hydrogen (secondary N) is 3. The Balaban J connectivity index is 1.63. The predicted molar refractivity (Wildman–Crippen MR) is 138 cm³/mol. The number of aromatic amines is 1. The zero-order valence-corrected chi connectivity index (χ0v) is 20.3. The lowest BCUT2D eigenvalue weighted by Gasteiger charge is -2.09. The Morgan fingerprint density at radius 1 is 1.20 bits per heavy atom. The molecule has 0 fully saturated rings. The van der Waals surface area contributed by atoms with Gasteiger partial charge >= 0.3 is 0 Å². The van der Waals surface area contributed by atoms with Crippen LogP contribution in [-0.2, 0) is 9.59 Å². The first-order valence-electron chi connectivity index (χ1n) is 10.8. The average molecular weight is 496 g/mol. The highest BCUT2D eigenvalue weighted by molar-refractivity contribution is 6.38. The molecule has 3 aromatic rings.